The lowest BCUT2D eigenvalue weighted by molar-refractivity contribution is -0.123. The molecule has 1 fully saturated rings. The van der Waals surface area contributed by atoms with Gasteiger partial charge in [-0.25, -0.2) is 9.07 Å². The molecule has 7 nitrogen and oxygen atoms in total. The van der Waals surface area contributed by atoms with Crippen LogP contribution < -0.4 is 4.90 Å². The number of amides is 2. The molecule has 0 spiro atoms. The minimum Gasteiger partial charge on any atom is -0.343 e. The summed E-state index contributed by atoms with van der Waals surface area (Å²) in [6.45, 7) is 0.453. The topological polar surface area (TPSA) is 71.3 Å². The molecule has 1 aromatic heterocycles. The average Bonchev–Trinajstić information content (AvgIpc) is 3.04. The first-order chi connectivity index (χ1) is 11.5. The fourth-order valence-corrected chi connectivity index (χ4v) is 2.77. The summed E-state index contributed by atoms with van der Waals surface area (Å²) in [5.41, 5.74) is 0.438. The second-order valence-corrected chi connectivity index (χ2v) is 5.88. The van der Waals surface area contributed by atoms with E-state index in [1.807, 2.05) is 0 Å². The number of rotatable bonds is 3. The van der Waals surface area contributed by atoms with Crippen molar-refractivity contribution in [2.24, 2.45) is 0 Å². The molecular weight excluding hydrogens is 313 g/mol. The molecule has 2 heterocycles. The van der Waals surface area contributed by atoms with E-state index < -0.39 is 11.9 Å². The molecule has 1 aromatic carbocycles. The van der Waals surface area contributed by atoms with E-state index in [9.17, 15) is 14.0 Å². The zero-order valence-corrected chi connectivity index (χ0v) is 13.5. The number of carbonyl (C=O) groups excluding carboxylic acids is 2. The lowest BCUT2D eigenvalue weighted by atomic mass is 10.0. The third-order valence-electron chi connectivity index (χ3n) is 4.01. The molecular formula is C16H18FN5O2. The van der Waals surface area contributed by atoms with Crippen LogP contribution >= 0.6 is 0 Å². The number of para-hydroxylation sites is 1. The van der Waals surface area contributed by atoms with Gasteiger partial charge in [-0.15, -0.1) is 5.10 Å². The van der Waals surface area contributed by atoms with Gasteiger partial charge in [0.2, 0.25) is 0 Å². The van der Waals surface area contributed by atoms with Gasteiger partial charge in [0, 0.05) is 20.6 Å². The van der Waals surface area contributed by atoms with E-state index in [1.54, 1.807) is 32.3 Å². The second kappa shape index (κ2) is 6.38. The van der Waals surface area contributed by atoms with Crippen LogP contribution in [0.2, 0.25) is 0 Å². The first kappa shape index (κ1) is 16.1. The molecule has 2 amide bonds. The van der Waals surface area contributed by atoms with Crippen molar-refractivity contribution in [2.75, 3.05) is 25.5 Å². The molecule has 1 aliphatic rings. The van der Waals surface area contributed by atoms with Gasteiger partial charge in [0.15, 0.2) is 5.69 Å². The van der Waals surface area contributed by atoms with E-state index in [0.717, 1.165) is 0 Å². The lowest BCUT2D eigenvalue weighted by Gasteiger charge is -2.32. The van der Waals surface area contributed by atoms with Gasteiger partial charge < -0.3 is 9.80 Å². The van der Waals surface area contributed by atoms with E-state index in [4.69, 9.17) is 0 Å². The van der Waals surface area contributed by atoms with Crippen LogP contribution in [0.15, 0.2) is 30.5 Å². The third kappa shape index (κ3) is 2.86. The van der Waals surface area contributed by atoms with Gasteiger partial charge in [-0.3, -0.25) is 9.59 Å². The Balaban J connectivity index is 1.86. The van der Waals surface area contributed by atoms with Crippen LogP contribution in [0.1, 0.15) is 29.4 Å². The van der Waals surface area contributed by atoms with Gasteiger partial charge in [-0.2, -0.15) is 0 Å². The van der Waals surface area contributed by atoms with Gasteiger partial charge in [0.25, 0.3) is 11.8 Å². The van der Waals surface area contributed by atoms with Gasteiger partial charge in [-0.05, 0) is 25.0 Å². The lowest BCUT2D eigenvalue weighted by Crippen LogP contribution is -2.43. The fourth-order valence-electron chi connectivity index (χ4n) is 2.77. The number of piperidine rings is 1. The fraction of sp³-hybridized carbons (Fsp3) is 0.375. The number of carbonyl (C=O) groups is 2. The molecule has 3 rings (SSSR count). The van der Waals surface area contributed by atoms with Crippen molar-refractivity contribution in [1.29, 1.82) is 0 Å². The van der Waals surface area contributed by atoms with Crippen LogP contribution in [-0.4, -0.2) is 52.3 Å². The van der Waals surface area contributed by atoms with Crippen LogP contribution in [0.5, 0.6) is 0 Å². The first-order valence-corrected chi connectivity index (χ1v) is 7.68. The number of hydrogen-bond donors (Lipinski definition) is 0. The van der Waals surface area contributed by atoms with E-state index in [1.165, 1.54) is 26.7 Å². The zero-order valence-electron chi connectivity index (χ0n) is 13.5. The highest BCUT2D eigenvalue weighted by Gasteiger charge is 2.33. The summed E-state index contributed by atoms with van der Waals surface area (Å²) in [6.07, 6.45) is 2.75. The van der Waals surface area contributed by atoms with Gasteiger partial charge in [-0.1, -0.05) is 17.3 Å². The normalized spacial score (nSPS) is 17.9. The van der Waals surface area contributed by atoms with Gasteiger partial charge in [0.1, 0.15) is 11.9 Å². The maximum atomic E-state index is 14.0. The van der Waals surface area contributed by atoms with Crippen molar-refractivity contribution in [3.63, 3.8) is 0 Å². The molecule has 8 heteroatoms. The molecule has 1 unspecified atom stereocenters. The first-order valence-electron chi connectivity index (χ1n) is 7.68. The molecule has 24 heavy (non-hydrogen) atoms. The minimum atomic E-state index is -0.588. The minimum absolute atomic E-state index is 0.177. The predicted molar refractivity (Wildman–Crippen MR) is 85.1 cm³/mol. The Morgan fingerprint density at radius 3 is 2.79 bits per heavy atom. The van der Waals surface area contributed by atoms with Crippen LogP contribution in [0.4, 0.5) is 10.1 Å². The van der Waals surface area contributed by atoms with Crippen molar-refractivity contribution >= 4 is 17.5 Å². The Morgan fingerprint density at radius 2 is 2.08 bits per heavy atom. The van der Waals surface area contributed by atoms with Crippen LogP contribution in [-0.2, 0) is 4.79 Å². The molecule has 2 aromatic rings. The highest BCUT2D eigenvalue weighted by atomic mass is 19.1. The maximum absolute atomic E-state index is 14.0. The van der Waals surface area contributed by atoms with Crippen molar-refractivity contribution < 1.29 is 14.0 Å². The largest absolute Gasteiger partial charge is 0.343 e. The highest BCUT2D eigenvalue weighted by Crippen LogP contribution is 2.28. The van der Waals surface area contributed by atoms with Crippen LogP contribution in [0, 0.1) is 5.82 Å². The molecule has 1 saturated heterocycles. The molecule has 0 aliphatic carbocycles. The predicted octanol–water partition coefficient (Wildman–Crippen LogP) is 1.49. The van der Waals surface area contributed by atoms with Crippen molar-refractivity contribution in [3.05, 3.63) is 42.0 Å². The number of aromatic nitrogens is 3. The molecule has 1 atom stereocenters. The van der Waals surface area contributed by atoms with Gasteiger partial charge in [0.05, 0.1) is 11.9 Å². The Kier molecular flexibility index (Phi) is 4.28. The Labute approximate surface area is 138 Å². The van der Waals surface area contributed by atoms with E-state index in [2.05, 4.69) is 10.3 Å². The molecule has 0 N–H and O–H groups in total. The van der Waals surface area contributed by atoms with Crippen LogP contribution in [0.25, 0.3) is 0 Å². The number of nitrogens with zero attached hydrogens (tertiary/aromatic N) is 5. The average molecular weight is 331 g/mol. The molecule has 1 aliphatic heterocycles. The van der Waals surface area contributed by atoms with E-state index in [0.29, 0.717) is 19.4 Å². The monoisotopic (exact) mass is 331 g/mol. The smallest absolute Gasteiger partial charge is 0.275 e. The second-order valence-electron chi connectivity index (χ2n) is 5.88. The number of halogens is 1. The van der Waals surface area contributed by atoms with E-state index in [-0.39, 0.29) is 23.2 Å². The summed E-state index contributed by atoms with van der Waals surface area (Å²) in [6, 6.07) is 5.60. The molecule has 0 radical (unpaired) electrons. The van der Waals surface area contributed by atoms with Crippen LogP contribution in [0.3, 0.4) is 0 Å². The molecule has 0 saturated carbocycles. The summed E-state index contributed by atoms with van der Waals surface area (Å²) in [7, 11) is 3.24. The Hall–Kier alpha value is -2.77. The Morgan fingerprint density at radius 1 is 1.33 bits per heavy atom. The molecule has 126 valence electrons. The summed E-state index contributed by atoms with van der Waals surface area (Å²) in [5.74, 6) is -0.968. The van der Waals surface area contributed by atoms with Gasteiger partial charge >= 0.3 is 0 Å². The molecule has 0 bridgehead atoms. The van der Waals surface area contributed by atoms with Crippen molar-refractivity contribution in [2.45, 2.75) is 18.9 Å². The highest BCUT2D eigenvalue weighted by molar-refractivity contribution is 5.97. The summed E-state index contributed by atoms with van der Waals surface area (Å²) in [4.78, 5) is 27.5. The van der Waals surface area contributed by atoms with Crippen molar-refractivity contribution in [3.8, 4) is 0 Å². The van der Waals surface area contributed by atoms with E-state index >= 15 is 0 Å². The number of anilines is 1. The number of hydrogen-bond acceptors (Lipinski definition) is 4. The number of benzene rings is 1. The summed E-state index contributed by atoms with van der Waals surface area (Å²) in [5, 5.41) is 7.76. The Bertz CT molecular complexity index is 773. The summed E-state index contributed by atoms with van der Waals surface area (Å²) >= 11 is 0. The maximum Gasteiger partial charge on any atom is 0.275 e. The SMILES string of the molecule is CN(C)C(=O)c1cn(C2CCCN(c3ccccc3F)C2=O)nn1. The van der Waals surface area contributed by atoms with Crippen molar-refractivity contribution in [1.82, 2.24) is 19.9 Å². The third-order valence-corrected chi connectivity index (χ3v) is 4.01. The quantitative estimate of drug-likeness (QED) is 0.854. The standard InChI is InChI=1S/C16H18FN5O2/c1-20(2)15(23)12-10-22(19-18-12)14-8-5-9-21(16(14)24)13-7-4-3-6-11(13)17/h3-4,6-7,10,14H,5,8-9H2,1-2H3. The zero-order chi connectivity index (χ0) is 17.3. The summed E-state index contributed by atoms with van der Waals surface area (Å²) < 4.78 is 15.4.